The van der Waals surface area contributed by atoms with Gasteiger partial charge in [-0.15, -0.1) is 0 Å². The third-order valence-electron chi connectivity index (χ3n) is 5.30. The molecule has 27 heavy (non-hydrogen) atoms. The van der Waals surface area contributed by atoms with Crippen LogP contribution in [0.3, 0.4) is 0 Å². The molecule has 4 rings (SSSR count). The number of hydrogen-bond donors (Lipinski definition) is 0. The number of carbonyl (C=O) groups is 1. The summed E-state index contributed by atoms with van der Waals surface area (Å²) in [5.41, 5.74) is 3.83. The van der Waals surface area contributed by atoms with Crippen molar-refractivity contribution in [3.05, 3.63) is 72.2 Å². The van der Waals surface area contributed by atoms with Gasteiger partial charge in [-0.3, -0.25) is 14.5 Å². The monoisotopic (exact) mass is 360 g/mol. The van der Waals surface area contributed by atoms with Crippen LogP contribution in [0.4, 0.5) is 0 Å². The van der Waals surface area contributed by atoms with Gasteiger partial charge in [-0.25, -0.2) is 0 Å². The summed E-state index contributed by atoms with van der Waals surface area (Å²) in [5.74, 6) is 0.615. The second-order valence-electron chi connectivity index (χ2n) is 7.17. The molecule has 1 unspecified atom stereocenters. The van der Waals surface area contributed by atoms with Crippen LogP contribution < -0.4 is 0 Å². The van der Waals surface area contributed by atoms with E-state index in [1.54, 1.807) is 17.1 Å². The lowest BCUT2D eigenvalue weighted by atomic mass is 9.92. The van der Waals surface area contributed by atoms with Crippen molar-refractivity contribution in [1.82, 2.24) is 19.7 Å². The summed E-state index contributed by atoms with van der Waals surface area (Å²) >= 11 is 0. The Hall–Kier alpha value is -2.95. The van der Waals surface area contributed by atoms with Gasteiger partial charge in [0.25, 0.3) is 5.91 Å². The van der Waals surface area contributed by atoms with Crippen LogP contribution in [-0.2, 0) is 7.05 Å². The van der Waals surface area contributed by atoms with Gasteiger partial charge < -0.3 is 4.90 Å². The Balaban J connectivity index is 1.43. The van der Waals surface area contributed by atoms with E-state index in [0.717, 1.165) is 43.6 Å². The van der Waals surface area contributed by atoms with Crippen LogP contribution in [0.25, 0.3) is 11.3 Å². The Bertz CT molecular complexity index is 902. The van der Waals surface area contributed by atoms with Crippen LogP contribution >= 0.6 is 0 Å². The molecule has 0 radical (unpaired) electrons. The highest BCUT2D eigenvalue weighted by molar-refractivity contribution is 5.94. The number of pyridine rings is 1. The van der Waals surface area contributed by atoms with E-state index in [1.807, 2.05) is 30.3 Å². The van der Waals surface area contributed by atoms with Gasteiger partial charge in [0.05, 0.1) is 17.5 Å². The maximum atomic E-state index is 12.9. The molecule has 0 spiro atoms. The number of hydrogen-bond acceptors (Lipinski definition) is 3. The molecule has 0 aliphatic carbocycles. The molecule has 0 bridgehead atoms. The van der Waals surface area contributed by atoms with E-state index in [-0.39, 0.29) is 5.91 Å². The minimum Gasteiger partial charge on any atom is -0.339 e. The Morgan fingerprint density at radius 1 is 1.04 bits per heavy atom. The largest absolute Gasteiger partial charge is 0.339 e. The van der Waals surface area contributed by atoms with Crippen LogP contribution in [0.5, 0.6) is 0 Å². The highest BCUT2D eigenvalue weighted by atomic mass is 16.2. The van der Waals surface area contributed by atoms with Crippen LogP contribution in [0.1, 0.15) is 41.1 Å². The summed E-state index contributed by atoms with van der Waals surface area (Å²) in [5, 5.41) is 4.17. The van der Waals surface area contributed by atoms with Gasteiger partial charge in [0.15, 0.2) is 0 Å². The molecule has 1 fully saturated rings. The zero-order valence-corrected chi connectivity index (χ0v) is 15.6. The molecule has 138 valence electrons. The quantitative estimate of drug-likeness (QED) is 0.712. The molecule has 1 aliphatic rings. The average Bonchev–Trinajstić information content (AvgIpc) is 3.00. The van der Waals surface area contributed by atoms with Gasteiger partial charge in [0.2, 0.25) is 0 Å². The van der Waals surface area contributed by atoms with E-state index in [2.05, 4.69) is 40.4 Å². The standard InChI is InChI=1S/C22H24N4O/c1-25-16-20(15-24-25)21-10-9-19(14-23-21)22(27)26-12-5-8-18(11-13-26)17-6-3-2-4-7-17/h2-4,6-7,9-10,14-16,18H,5,8,11-13H2,1H3. The number of aromatic nitrogens is 3. The van der Waals surface area contributed by atoms with E-state index in [0.29, 0.717) is 11.5 Å². The first kappa shape index (κ1) is 17.5. The predicted octanol–water partition coefficient (Wildman–Crippen LogP) is 3.89. The zero-order chi connectivity index (χ0) is 18.6. The number of benzene rings is 1. The Kier molecular flexibility index (Phi) is 5.01. The van der Waals surface area contributed by atoms with Gasteiger partial charge >= 0.3 is 0 Å². The fraction of sp³-hybridized carbons (Fsp3) is 0.318. The molecule has 3 aromatic rings. The summed E-state index contributed by atoms with van der Waals surface area (Å²) in [6.07, 6.45) is 8.56. The van der Waals surface area contributed by atoms with Gasteiger partial charge in [-0.05, 0) is 42.9 Å². The number of carbonyl (C=O) groups excluding carboxylic acids is 1. The van der Waals surface area contributed by atoms with Gasteiger partial charge in [-0.1, -0.05) is 30.3 Å². The van der Waals surface area contributed by atoms with Crippen LogP contribution in [0.2, 0.25) is 0 Å². The molecule has 1 atom stereocenters. The summed E-state index contributed by atoms with van der Waals surface area (Å²) in [6, 6.07) is 14.4. The summed E-state index contributed by atoms with van der Waals surface area (Å²) in [7, 11) is 1.88. The fourth-order valence-electron chi connectivity index (χ4n) is 3.79. The molecular formula is C22H24N4O. The average molecular weight is 360 g/mol. The third-order valence-corrected chi connectivity index (χ3v) is 5.30. The number of nitrogens with zero attached hydrogens (tertiary/aromatic N) is 4. The van der Waals surface area contributed by atoms with Gasteiger partial charge in [0, 0.05) is 38.1 Å². The van der Waals surface area contributed by atoms with Gasteiger partial charge in [-0.2, -0.15) is 5.10 Å². The normalized spacial score (nSPS) is 17.5. The maximum Gasteiger partial charge on any atom is 0.255 e. The van der Waals surface area contributed by atoms with E-state index < -0.39 is 0 Å². The number of rotatable bonds is 3. The molecule has 1 aromatic carbocycles. The van der Waals surface area contributed by atoms with E-state index in [9.17, 15) is 4.79 Å². The van der Waals surface area contributed by atoms with Crippen molar-refractivity contribution in [1.29, 1.82) is 0 Å². The SMILES string of the molecule is Cn1cc(-c2ccc(C(=O)N3CCCC(c4ccccc4)CC3)cn2)cn1. The highest BCUT2D eigenvalue weighted by Crippen LogP contribution is 2.28. The zero-order valence-electron chi connectivity index (χ0n) is 15.6. The molecule has 5 heteroatoms. The summed E-state index contributed by atoms with van der Waals surface area (Å²) in [4.78, 5) is 19.4. The van der Waals surface area contributed by atoms with E-state index >= 15 is 0 Å². The second kappa shape index (κ2) is 7.74. The Morgan fingerprint density at radius 2 is 1.89 bits per heavy atom. The molecule has 2 aromatic heterocycles. The fourth-order valence-corrected chi connectivity index (χ4v) is 3.79. The molecular weight excluding hydrogens is 336 g/mol. The number of likely N-dealkylation sites (tertiary alicyclic amines) is 1. The highest BCUT2D eigenvalue weighted by Gasteiger charge is 2.22. The van der Waals surface area contributed by atoms with Crippen LogP contribution in [0, 0.1) is 0 Å². The lowest BCUT2D eigenvalue weighted by Gasteiger charge is -2.20. The maximum absolute atomic E-state index is 12.9. The van der Waals surface area contributed by atoms with Gasteiger partial charge in [0.1, 0.15) is 0 Å². The third kappa shape index (κ3) is 3.92. The molecule has 0 saturated carbocycles. The van der Waals surface area contributed by atoms with E-state index in [4.69, 9.17) is 0 Å². The van der Waals surface area contributed by atoms with Crippen molar-refractivity contribution in [3.63, 3.8) is 0 Å². The number of amides is 1. The summed E-state index contributed by atoms with van der Waals surface area (Å²) < 4.78 is 1.75. The minimum atomic E-state index is 0.0777. The predicted molar refractivity (Wildman–Crippen MR) is 105 cm³/mol. The Labute approximate surface area is 159 Å². The lowest BCUT2D eigenvalue weighted by molar-refractivity contribution is 0.0760. The molecule has 1 aliphatic heterocycles. The minimum absolute atomic E-state index is 0.0777. The summed E-state index contributed by atoms with van der Waals surface area (Å²) in [6.45, 7) is 1.61. The van der Waals surface area contributed by atoms with Crippen molar-refractivity contribution in [2.75, 3.05) is 13.1 Å². The molecule has 5 nitrogen and oxygen atoms in total. The van der Waals surface area contributed by atoms with Crippen molar-refractivity contribution >= 4 is 5.91 Å². The van der Waals surface area contributed by atoms with Crippen LogP contribution in [-0.4, -0.2) is 38.7 Å². The second-order valence-corrected chi connectivity index (χ2v) is 7.17. The van der Waals surface area contributed by atoms with Crippen molar-refractivity contribution in [3.8, 4) is 11.3 Å². The first-order chi connectivity index (χ1) is 13.2. The van der Waals surface area contributed by atoms with Crippen molar-refractivity contribution in [2.24, 2.45) is 7.05 Å². The molecule has 1 saturated heterocycles. The first-order valence-electron chi connectivity index (χ1n) is 9.50. The van der Waals surface area contributed by atoms with Crippen molar-refractivity contribution < 1.29 is 4.79 Å². The van der Waals surface area contributed by atoms with E-state index in [1.165, 1.54) is 5.56 Å². The number of aryl methyl sites for hydroxylation is 1. The Morgan fingerprint density at radius 3 is 2.59 bits per heavy atom. The van der Waals surface area contributed by atoms with Crippen LogP contribution in [0.15, 0.2) is 61.1 Å². The molecule has 0 N–H and O–H groups in total. The smallest absolute Gasteiger partial charge is 0.255 e. The molecule has 3 heterocycles. The topological polar surface area (TPSA) is 51.0 Å². The van der Waals surface area contributed by atoms with Crippen molar-refractivity contribution in [2.45, 2.75) is 25.2 Å². The first-order valence-corrected chi connectivity index (χ1v) is 9.50. The molecule has 1 amide bonds. The lowest BCUT2D eigenvalue weighted by Crippen LogP contribution is -2.32.